The average molecular weight is 223 g/mol. The molecule has 0 aliphatic heterocycles. The molecule has 0 saturated heterocycles. The van der Waals surface area contributed by atoms with Gasteiger partial charge in [-0.15, -0.1) is 0 Å². The maximum atomic E-state index is 5.27. The fraction of sp³-hybridized carbons (Fsp3) is 0.583. The van der Waals surface area contributed by atoms with Gasteiger partial charge in [0.15, 0.2) is 5.75 Å². The van der Waals surface area contributed by atoms with E-state index in [-0.39, 0.29) is 0 Å². The molecule has 0 saturated carbocycles. The second-order valence-electron chi connectivity index (χ2n) is 4.33. The molecular formula is C12H21N3O. The fourth-order valence-electron chi connectivity index (χ4n) is 1.68. The third kappa shape index (κ3) is 3.70. The van der Waals surface area contributed by atoms with Gasteiger partial charge >= 0.3 is 0 Å². The molecule has 1 aromatic rings. The summed E-state index contributed by atoms with van der Waals surface area (Å²) in [5, 5.41) is 3.43. The van der Waals surface area contributed by atoms with Crippen molar-refractivity contribution >= 4 is 5.69 Å². The highest BCUT2D eigenvalue weighted by Gasteiger charge is 2.08. The van der Waals surface area contributed by atoms with E-state index in [1.54, 1.807) is 13.3 Å². The third-order valence-electron chi connectivity index (χ3n) is 2.26. The SMILES string of the molecule is COc1cnc(C)cc1NC(C)CN(C)C. The molecule has 16 heavy (non-hydrogen) atoms. The molecule has 1 aromatic heterocycles. The Hall–Kier alpha value is -1.29. The summed E-state index contributed by atoms with van der Waals surface area (Å²) in [5.74, 6) is 0.788. The van der Waals surface area contributed by atoms with E-state index >= 15 is 0 Å². The van der Waals surface area contributed by atoms with E-state index in [1.807, 2.05) is 13.0 Å². The molecular weight excluding hydrogens is 202 g/mol. The smallest absolute Gasteiger partial charge is 0.160 e. The molecule has 0 spiro atoms. The average Bonchev–Trinajstić information content (AvgIpc) is 2.16. The molecule has 1 atom stereocenters. The molecule has 1 rings (SSSR count). The minimum absolute atomic E-state index is 0.366. The highest BCUT2D eigenvalue weighted by atomic mass is 16.5. The summed E-state index contributed by atoms with van der Waals surface area (Å²) in [6.45, 7) is 5.10. The normalized spacial score (nSPS) is 12.6. The van der Waals surface area contributed by atoms with E-state index < -0.39 is 0 Å². The number of pyridine rings is 1. The Kier molecular flexibility index (Phi) is 4.55. The van der Waals surface area contributed by atoms with Crippen molar-refractivity contribution in [3.05, 3.63) is 18.0 Å². The molecule has 0 aliphatic carbocycles. The Morgan fingerprint density at radius 2 is 2.19 bits per heavy atom. The lowest BCUT2D eigenvalue weighted by Crippen LogP contribution is -2.29. The van der Waals surface area contributed by atoms with Gasteiger partial charge in [0, 0.05) is 18.3 Å². The molecule has 0 radical (unpaired) electrons. The number of aryl methyl sites for hydroxylation is 1. The summed E-state index contributed by atoms with van der Waals surface area (Å²) in [6.07, 6.45) is 1.75. The van der Waals surface area contributed by atoms with E-state index in [0.29, 0.717) is 6.04 Å². The number of nitrogens with zero attached hydrogens (tertiary/aromatic N) is 2. The van der Waals surface area contributed by atoms with Crippen LogP contribution in [0.2, 0.25) is 0 Å². The maximum Gasteiger partial charge on any atom is 0.160 e. The van der Waals surface area contributed by atoms with Crippen molar-refractivity contribution in [2.45, 2.75) is 19.9 Å². The van der Waals surface area contributed by atoms with Crippen molar-refractivity contribution < 1.29 is 4.74 Å². The predicted molar refractivity (Wildman–Crippen MR) is 67.2 cm³/mol. The highest BCUT2D eigenvalue weighted by molar-refractivity contribution is 5.56. The number of ether oxygens (including phenoxy) is 1. The fourth-order valence-corrected chi connectivity index (χ4v) is 1.68. The van der Waals surface area contributed by atoms with E-state index in [9.17, 15) is 0 Å². The Balaban J connectivity index is 2.74. The van der Waals surface area contributed by atoms with Gasteiger partial charge in [-0.05, 0) is 34.0 Å². The second kappa shape index (κ2) is 5.70. The molecule has 0 aromatic carbocycles. The molecule has 1 N–H and O–H groups in total. The van der Waals surface area contributed by atoms with E-state index in [1.165, 1.54) is 0 Å². The third-order valence-corrected chi connectivity index (χ3v) is 2.26. The molecule has 4 nitrogen and oxygen atoms in total. The lowest BCUT2D eigenvalue weighted by Gasteiger charge is -2.20. The lowest BCUT2D eigenvalue weighted by molar-refractivity contribution is 0.389. The van der Waals surface area contributed by atoms with Crippen LogP contribution < -0.4 is 10.1 Å². The van der Waals surface area contributed by atoms with Crippen molar-refractivity contribution in [1.82, 2.24) is 9.88 Å². The van der Waals surface area contributed by atoms with Crippen LogP contribution in [0.25, 0.3) is 0 Å². The zero-order valence-corrected chi connectivity index (χ0v) is 10.7. The largest absolute Gasteiger partial charge is 0.493 e. The van der Waals surface area contributed by atoms with Crippen LogP contribution in [0.4, 0.5) is 5.69 Å². The number of anilines is 1. The monoisotopic (exact) mass is 223 g/mol. The predicted octanol–water partition coefficient (Wildman–Crippen LogP) is 1.76. The minimum atomic E-state index is 0.366. The van der Waals surface area contributed by atoms with Crippen molar-refractivity contribution in [3.63, 3.8) is 0 Å². The van der Waals surface area contributed by atoms with Crippen LogP contribution in [-0.4, -0.2) is 43.7 Å². The van der Waals surface area contributed by atoms with Crippen molar-refractivity contribution in [3.8, 4) is 5.75 Å². The molecule has 90 valence electrons. The van der Waals surface area contributed by atoms with Crippen LogP contribution in [0.5, 0.6) is 5.75 Å². The topological polar surface area (TPSA) is 37.4 Å². The van der Waals surface area contributed by atoms with Crippen molar-refractivity contribution in [1.29, 1.82) is 0 Å². The van der Waals surface area contributed by atoms with Crippen LogP contribution >= 0.6 is 0 Å². The van der Waals surface area contributed by atoms with Gasteiger partial charge in [-0.3, -0.25) is 4.98 Å². The van der Waals surface area contributed by atoms with Gasteiger partial charge in [-0.25, -0.2) is 0 Å². The van der Waals surface area contributed by atoms with Crippen LogP contribution in [0.15, 0.2) is 12.3 Å². The molecule has 0 bridgehead atoms. The number of nitrogens with one attached hydrogen (secondary N) is 1. The van der Waals surface area contributed by atoms with Gasteiger partial charge in [0.1, 0.15) is 0 Å². The van der Waals surface area contributed by atoms with Gasteiger partial charge < -0.3 is 15.0 Å². The van der Waals surface area contributed by atoms with Crippen molar-refractivity contribution in [2.75, 3.05) is 33.1 Å². The zero-order chi connectivity index (χ0) is 12.1. The molecule has 0 amide bonds. The van der Waals surface area contributed by atoms with Crippen LogP contribution in [0, 0.1) is 6.92 Å². The quantitative estimate of drug-likeness (QED) is 0.825. The van der Waals surface area contributed by atoms with Crippen LogP contribution in [0.3, 0.4) is 0 Å². The minimum Gasteiger partial charge on any atom is -0.493 e. The zero-order valence-electron chi connectivity index (χ0n) is 10.7. The number of methoxy groups -OCH3 is 1. The van der Waals surface area contributed by atoms with Gasteiger partial charge in [-0.2, -0.15) is 0 Å². The standard InChI is InChI=1S/C12H21N3O/c1-9-6-11(12(16-5)7-13-9)14-10(2)8-15(3)4/h6-7,10H,8H2,1-5H3,(H,13,14). The first-order chi connectivity index (χ1) is 7.52. The van der Waals surface area contributed by atoms with Crippen LogP contribution in [0.1, 0.15) is 12.6 Å². The molecule has 4 heteroatoms. The van der Waals surface area contributed by atoms with E-state index in [2.05, 4.69) is 36.2 Å². The van der Waals surface area contributed by atoms with Gasteiger partial charge in [-0.1, -0.05) is 0 Å². The van der Waals surface area contributed by atoms with E-state index in [4.69, 9.17) is 4.74 Å². The summed E-state index contributed by atoms with van der Waals surface area (Å²) in [5.41, 5.74) is 1.99. The van der Waals surface area contributed by atoms with E-state index in [0.717, 1.165) is 23.7 Å². The van der Waals surface area contributed by atoms with Crippen molar-refractivity contribution in [2.24, 2.45) is 0 Å². The molecule has 0 fully saturated rings. The van der Waals surface area contributed by atoms with Gasteiger partial charge in [0.05, 0.1) is 19.0 Å². The highest BCUT2D eigenvalue weighted by Crippen LogP contribution is 2.24. The van der Waals surface area contributed by atoms with Crippen LogP contribution in [-0.2, 0) is 0 Å². The summed E-state index contributed by atoms with van der Waals surface area (Å²) >= 11 is 0. The number of likely N-dealkylation sites (N-methyl/N-ethyl adjacent to an activating group) is 1. The summed E-state index contributed by atoms with van der Waals surface area (Å²) in [6, 6.07) is 2.37. The number of hydrogen-bond acceptors (Lipinski definition) is 4. The lowest BCUT2D eigenvalue weighted by atomic mass is 10.2. The molecule has 1 unspecified atom stereocenters. The second-order valence-corrected chi connectivity index (χ2v) is 4.33. The number of aromatic nitrogens is 1. The summed E-state index contributed by atoms with van der Waals surface area (Å²) in [4.78, 5) is 6.35. The Labute approximate surface area is 97.6 Å². The Bertz CT molecular complexity index is 339. The number of rotatable bonds is 5. The molecule has 0 aliphatic rings. The van der Waals surface area contributed by atoms with Gasteiger partial charge in [0.2, 0.25) is 0 Å². The first-order valence-electron chi connectivity index (χ1n) is 5.45. The Morgan fingerprint density at radius 3 is 2.75 bits per heavy atom. The molecule has 1 heterocycles. The summed E-state index contributed by atoms with van der Waals surface area (Å²) in [7, 11) is 5.79. The Morgan fingerprint density at radius 1 is 1.50 bits per heavy atom. The summed E-state index contributed by atoms with van der Waals surface area (Å²) < 4.78 is 5.27. The number of hydrogen-bond donors (Lipinski definition) is 1. The maximum absolute atomic E-state index is 5.27. The van der Waals surface area contributed by atoms with Gasteiger partial charge in [0.25, 0.3) is 0 Å². The first kappa shape index (κ1) is 12.8. The first-order valence-corrected chi connectivity index (χ1v) is 5.45.